The van der Waals surface area contributed by atoms with Crippen LogP contribution < -0.4 is 14.8 Å². The zero-order valence-corrected chi connectivity index (χ0v) is 33.4. The summed E-state index contributed by atoms with van der Waals surface area (Å²) in [5.41, 5.74) is 2.71. The molecule has 2 aromatic rings. The molecule has 0 aliphatic carbocycles. The number of allylic oxidation sites excluding steroid dienone is 2. The highest BCUT2D eigenvalue weighted by atomic mass is 16.7. The first-order valence-electron chi connectivity index (χ1n) is 19.6. The Kier molecular flexibility index (Phi) is 17.6. The molecule has 3 rings (SSSR count). The lowest BCUT2D eigenvalue weighted by molar-refractivity contribution is -0.222. The number of methoxy groups -OCH3 is 2. The Morgan fingerprint density at radius 3 is 1.87 bits per heavy atom. The third kappa shape index (κ3) is 14.2. The lowest BCUT2D eigenvalue weighted by Gasteiger charge is -2.34. The Morgan fingerprint density at radius 2 is 1.33 bits per heavy atom. The van der Waals surface area contributed by atoms with E-state index in [0.717, 1.165) is 31.2 Å². The number of nitrogens with one attached hydrogen (secondary N) is 1. The first-order chi connectivity index (χ1) is 24.9. The number of hydrogen-bond acceptors (Lipinski definition) is 8. The fourth-order valence-corrected chi connectivity index (χ4v) is 6.33. The summed E-state index contributed by atoms with van der Waals surface area (Å²) in [6, 6.07) is 13.9. The average molecular weight is 719 g/mol. The van der Waals surface area contributed by atoms with Crippen molar-refractivity contribution in [2.75, 3.05) is 26.1 Å². The number of unbranched alkanes of at least 4 members (excludes halogenated alkanes) is 12. The van der Waals surface area contributed by atoms with Crippen LogP contribution in [-0.4, -0.2) is 43.4 Å². The van der Waals surface area contributed by atoms with E-state index in [2.05, 4.69) is 74.3 Å². The summed E-state index contributed by atoms with van der Waals surface area (Å²) in [4.78, 5) is 29.1. The molecule has 0 spiro atoms. The van der Waals surface area contributed by atoms with Crippen LogP contribution >= 0.6 is 0 Å². The van der Waals surface area contributed by atoms with Crippen LogP contribution in [0.1, 0.15) is 143 Å². The Hall–Kier alpha value is -3.94. The van der Waals surface area contributed by atoms with E-state index in [1.165, 1.54) is 69.8 Å². The van der Waals surface area contributed by atoms with E-state index >= 15 is 0 Å². The van der Waals surface area contributed by atoms with Gasteiger partial charge in [0.1, 0.15) is 17.3 Å². The predicted octanol–water partition coefficient (Wildman–Crippen LogP) is 11.0. The van der Waals surface area contributed by atoms with Crippen molar-refractivity contribution in [3.63, 3.8) is 0 Å². The third-order valence-corrected chi connectivity index (χ3v) is 9.43. The van der Waals surface area contributed by atoms with Gasteiger partial charge in [-0.2, -0.15) is 0 Å². The number of benzene rings is 2. The Bertz CT molecular complexity index is 1430. The topological polar surface area (TPSA) is 86.3 Å². The minimum Gasteiger partial charge on any atom is -0.497 e. The Labute approximate surface area is 314 Å². The summed E-state index contributed by atoms with van der Waals surface area (Å²) in [5.74, 6) is -1.38. The lowest BCUT2D eigenvalue weighted by atomic mass is 9.87. The molecule has 1 heterocycles. The van der Waals surface area contributed by atoms with Crippen molar-refractivity contribution in [3.05, 3.63) is 77.1 Å². The standard InChI is InChI=1S/C44H66N2O6/c1-9-10-11-12-13-14-15-16-17-18-19-20-21-22-23-24-31-46(33-34-25-27-35(28-26-34)43(2,3)4)40(39-41(47)51-44(5,6)52-42(39)48)45-37-30-29-36(49-7)32-38(37)50-8/h16-17,25-30,32,45H,9-15,18-24,31,33H2,1-8H3/b17-16-. The minimum atomic E-state index is -1.36. The van der Waals surface area contributed by atoms with Crippen LogP contribution in [0.2, 0.25) is 0 Å². The lowest BCUT2D eigenvalue weighted by Crippen LogP contribution is -2.44. The smallest absolute Gasteiger partial charge is 0.352 e. The fraction of sp³-hybridized carbons (Fsp3) is 0.591. The minimum absolute atomic E-state index is 0.0179. The maximum atomic E-state index is 13.5. The van der Waals surface area contributed by atoms with Crippen molar-refractivity contribution in [2.45, 2.75) is 149 Å². The number of hydrogen-bond donors (Lipinski definition) is 1. The quantitative estimate of drug-likeness (QED) is 0.0399. The molecule has 0 bridgehead atoms. The van der Waals surface area contributed by atoms with Crippen molar-refractivity contribution in [3.8, 4) is 11.5 Å². The van der Waals surface area contributed by atoms with Crippen LogP contribution in [0.25, 0.3) is 0 Å². The molecule has 0 saturated carbocycles. The molecule has 0 radical (unpaired) electrons. The van der Waals surface area contributed by atoms with Gasteiger partial charge < -0.3 is 29.2 Å². The molecule has 8 nitrogen and oxygen atoms in total. The molecule has 1 N–H and O–H groups in total. The van der Waals surface area contributed by atoms with Crippen molar-refractivity contribution in [1.82, 2.24) is 4.90 Å². The molecule has 1 aliphatic heterocycles. The van der Waals surface area contributed by atoms with Crippen molar-refractivity contribution >= 4 is 17.6 Å². The van der Waals surface area contributed by atoms with Crippen LogP contribution in [0.3, 0.4) is 0 Å². The predicted molar refractivity (Wildman–Crippen MR) is 211 cm³/mol. The number of esters is 2. The van der Waals surface area contributed by atoms with Gasteiger partial charge in [0.2, 0.25) is 0 Å². The van der Waals surface area contributed by atoms with Crippen LogP contribution in [-0.2, 0) is 31.0 Å². The maximum absolute atomic E-state index is 13.5. The van der Waals surface area contributed by atoms with Gasteiger partial charge >= 0.3 is 11.9 Å². The van der Waals surface area contributed by atoms with Crippen molar-refractivity contribution in [2.24, 2.45) is 0 Å². The number of nitrogens with zero attached hydrogens (tertiary/aromatic N) is 1. The van der Waals surface area contributed by atoms with Crippen LogP contribution in [0.5, 0.6) is 11.5 Å². The van der Waals surface area contributed by atoms with Gasteiger partial charge in [-0.25, -0.2) is 9.59 Å². The van der Waals surface area contributed by atoms with Gasteiger partial charge in [-0.15, -0.1) is 0 Å². The highest BCUT2D eigenvalue weighted by Gasteiger charge is 2.42. The van der Waals surface area contributed by atoms with Crippen molar-refractivity contribution in [1.29, 1.82) is 0 Å². The second-order valence-corrected chi connectivity index (χ2v) is 15.4. The summed E-state index contributed by atoms with van der Waals surface area (Å²) in [7, 11) is 3.16. The van der Waals surface area contributed by atoms with Gasteiger partial charge in [0.25, 0.3) is 5.79 Å². The molecular weight excluding hydrogens is 652 g/mol. The first kappa shape index (κ1) is 42.5. The largest absolute Gasteiger partial charge is 0.497 e. The zero-order valence-electron chi connectivity index (χ0n) is 33.4. The number of ether oxygens (including phenoxy) is 4. The summed E-state index contributed by atoms with van der Waals surface area (Å²) in [6.45, 7) is 13.0. The number of anilines is 1. The Balaban J connectivity index is 1.74. The monoisotopic (exact) mass is 718 g/mol. The molecule has 52 heavy (non-hydrogen) atoms. The van der Waals surface area contributed by atoms with Crippen molar-refractivity contribution < 1.29 is 28.5 Å². The second kappa shape index (κ2) is 21.6. The summed E-state index contributed by atoms with van der Waals surface area (Å²) < 4.78 is 22.3. The molecule has 288 valence electrons. The normalized spacial score (nSPS) is 14.3. The third-order valence-electron chi connectivity index (χ3n) is 9.43. The van der Waals surface area contributed by atoms with Crippen LogP contribution in [0.15, 0.2) is 66.0 Å². The summed E-state index contributed by atoms with van der Waals surface area (Å²) in [6.07, 6.45) is 21.8. The molecule has 8 heteroatoms. The molecule has 0 atom stereocenters. The van der Waals surface area contributed by atoms with Gasteiger partial charge in [0, 0.05) is 33.0 Å². The van der Waals surface area contributed by atoms with E-state index in [0.29, 0.717) is 36.1 Å². The molecule has 1 saturated heterocycles. The van der Waals surface area contributed by atoms with Crippen LogP contribution in [0.4, 0.5) is 5.69 Å². The molecule has 0 amide bonds. The number of carbonyl (C=O) groups excluding carboxylic acids is 2. The van der Waals surface area contributed by atoms with Gasteiger partial charge in [-0.3, -0.25) is 0 Å². The van der Waals surface area contributed by atoms with Gasteiger partial charge in [0.05, 0.1) is 19.9 Å². The van der Waals surface area contributed by atoms with Gasteiger partial charge in [-0.1, -0.05) is 122 Å². The number of rotatable bonds is 23. The second-order valence-electron chi connectivity index (χ2n) is 15.4. The van der Waals surface area contributed by atoms with Gasteiger partial charge in [0.15, 0.2) is 5.57 Å². The van der Waals surface area contributed by atoms with E-state index in [4.69, 9.17) is 18.9 Å². The maximum Gasteiger partial charge on any atom is 0.352 e. The van der Waals surface area contributed by atoms with E-state index in [1.807, 2.05) is 6.07 Å². The number of cyclic esters (lactones) is 2. The average Bonchev–Trinajstić information content (AvgIpc) is 3.09. The van der Waals surface area contributed by atoms with E-state index in [-0.39, 0.29) is 11.0 Å². The zero-order chi connectivity index (χ0) is 38.0. The fourth-order valence-electron chi connectivity index (χ4n) is 6.33. The summed E-state index contributed by atoms with van der Waals surface area (Å²) in [5, 5.41) is 3.39. The molecule has 0 aromatic heterocycles. The molecule has 0 unspecified atom stereocenters. The molecule has 1 aliphatic rings. The molecular formula is C44H66N2O6. The van der Waals surface area contributed by atoms with Gasteiger partial charge in [-0.05, 0) is 60.8 Å². The SMILES string of the molecule is CCCCCCCC/C=C\CCCCCCCCN(Cc1ccc(C(C)(C)C)cc1)C(Nc1ccc(OC)cc1OC)=C1C(=O)OC(C)(C)OC1=O. The van der Waals surface area contributed by atoms with Crippen LogP contribution in [0, 0.1) is 0 Å². The molecule has 2 aromatic carbocycles. The van der Waals surface area contributed by atoms with E-state index in [1.54, 1.807) is 40.2 Å². The van der Waals surface area contributed by atoms with E-state index < -0.39 is 17.7 Å². The highest BCUT2D eigenvalue weighted by molar-refractivity contribution is 6.16. The molecule has 1 fully saturated rings. The first-order valence-corrected chi connectivity index (χ1v) is 19.6. The number of carbonyl (C=O) groups is 2. The highest BCUT2D eigenvalue weighted by Crippen LogP contribution is 2.34. The van der Waals surface area contributed by atoms with E-state index in [9.17, 15) is 9.59 Å². The Morgan fingerprint density at radius 1 is 0.769 bits per heavy atom. The summed E-state index contributed by atoms with van der Waals surface area (Å²) >= 11 is 0.